The second kappa shape index (κ2) is 5.46. The van der Waals surface area contributed by atoms with E-state index in [9.17, 15) is 0 Å². The molecule has 0 amide bonds. The maximum Gasteiger partial charge on any atom is 0.0842 e. The average Bonchev–Trinajstić information content (AvgIpc) is 2.33. The van der Waals surface area contributed by atoms with Crippen LogP contribution in [0.25, 0.3) is 0 Å². The molecule has 0 fully saturated rings. The minimum absolute atomic E-state index is 0.711. The van der Waals surface area contributed by atoms with E-state index in [0.29, 0.717) is 5.69 Å². The molecule has 0 aliphatic carbocycles. The van der Waals surface area contributed by atoms with Crippen molar-refractivity contribution >= 4 is 28.6 Å². The maximum absolute atomic E-state index is 5.84. The lowest BCUT2D eigenvalue weighted by atomic mass is 10.1. The van der Waals surface area contributed by atoms with Gasteiger partial charge in [-0.15, -0.1) is 0 Å². The van der Waals surface area contributed by atoms with E-state index in [4.69, 9.17) is 18.0 Å². The number of para-hydroxylation sites is 2. The molecule has 0 aromatic heterocycles. The normalized spacial score (nSPS) is 9.88. The van der Waals surface area contributed by atoms with Crippen LogP contribution in [0.1, 0.15) is 5.56 Å². The van der Waals surface area contributed by atoms with Crippen LogP contribution in [0.5, 0.6) is 0 Å². The Balaban J connectivity index is 2.01. The summed E-state index contributed by atoms with van der Waals surface area (Å²) in [7, 11) is 0. The predicted molar refractivity (Wildman–Crippen MR) is 77.2 cm³/mol. The highest BCUT2D eigenvalue weighted by molar-refractivity contribution is 7.80. The van der Waals surface area contributed by atoms with Gasteiger partial charge in [0.25, 0.3) is 0 Å². The summed E-state index contributed by atoms with van der Waals surface area (Å²) in [4.78, 5) is 0.772. The van der Waals surface area contributed by atoms with Crippen LogP contribution in [0, 0.1) is 0 Å². The van der Waals surface area contributed by atoms with Gasteiger partial charge in [-0.25, -0.2) is 0 Å². The topological polar surface area (TPSA) is 38.0 Å². The molecule has 0 radical (unpaired) electrons. The van der Waals surface area contributed by atoms with Gasteiger partial charge in [-0.3, -0.25) is 0 Å². The van der Waals surface area contributed by atoms with Gasteiger partial charge in [0.1, 0.15) is 0 Å². The van der Waals surface area contributed by atoms with E-state index in [-0.39, 0.29) is 0 Å². The molecule has 0 saturated carbocycles. The van der Waals surface area contributed by atoms with Crippen molar-refractivity contribution in [1.29, 1.82) is 0 Å². The summed E-state index contributed by atoms with van der Waals surface area (Å²) < 4.78 is 0. The first-order chi connectivity index (χ1) is 8.25. The van der Waals surface area contributed by atoms with Gasteiger partial charge >= 0.3 is 0 Å². The highest BCUT2D eigenvalue weighted by atomic mass is 32.1. The van der Waals surface area contributed by atoms with E-state index in [1.54, 1.807) is 0 Å². The van der Waals surface area contributed by atoms with E-state index >= 15 is 0 Å². The third-order valence-electron chi connectivity index (χ3n) is 2.44. The monoisotopic (exact) mass is 242 g/mol. The fraction of sp³-hybridized carbons (Fsp3) is 0.0714. The SMILES string of the molecule is Nc1ccccc1NC(=S)Cc1ccccc1. The summed E-state index contributed by atoms with van der Waals surface area (Å²) in [5.74, 6) is 0. The smallest absolute Gasteiger partial charge is 0.0842 e. The zero-order valence-electron chi connectivity index (χ0n) is 9.39. The van der Waals surface area contributed by atoms with Crippen molar-refractivity contribution in [2.24, 2.45) is 0 Å². The number of nitrogens with two attached hydrogens (primary N) is 1. The standard InChI is InChI=1S/C14H14N2S/c15-12-8-4-5-9-13(12)16-14(17)10-11-6-2-1-3-7-11/h1-9H,10,15H2,(H,16,17). The fourth-order valence-electron chi connectivity index (χ4n) is 1.59. The van der Waals surface area contributed by atoms with E-state index < -0.39 is 0 Å². The van der Waals surface area contributed by atoms with Crippen molar-refractivity contribution in [3.8, 4) is 0 Å². The van der Waals surface area contributed by atoms with E-state index in [1.165, 1.54) is 5.56 Å². The van der Waals surface area contributed by atoms with E-state index in [0.717, 1.165) is 17.1 Å². The zero-order chi connectivity index (χ0) is 12.1. The molecule has 0 aliphatic rings. The lowest BCUT2D eigenvalue weighted by Gasteiger charge is -2.10. The van der Waals surface area contributed by atoms with Crippen LogP contribution in [0.15, 0.2) is 54.6 Å². The van der Waals surface area contributed by atoms with Crippen molar-refractivity contribution in [3.63, 3.8) is 0 Å². The quantitative estimate of drug-likeness (QED) is 0.641. The highest BCUT2D eigenvalue weighted by Crippen LogP contribution is 2.17. The molecule has 0 aliphatic heterocycles. The second-order valence-corrected chi connectivity index (χ2v) is 4.29. The molecule has 0 atom stereocenters. The summed E-state index contributed by atoms with van der Waals surface area (Å²) >= 11 is 5.31. The first-order valence-corrected chi connectivity index (χ1v) is 5.85. The van der Waals surface area contributed by atoms with Crippen LogP contribution < -0.4 is 11.1 Å². The Morgan fingerprint density at radius 2 is 1.65 bits per heavy atom. The first kappa shape index (κ1) is 11.6. The summed E-state index contributed by atoms with van der Waals surface area (Å²) in [6.45, 7) is 0. The Kier molecular flexibility index (Phi) is 3.73. The van der Waals surface area contributed by atoms with Crippen molar-refractivity contribution in [2.45, 2.75) is 6.42 Å². The van der Waals surface area contributed by atoms with E-state index in [2.05, 4.69) is 17.4 Å². The van der Waals surface area contributed by atoms with Gasteiger partial charge in [0.15, 0.2) is 0 Å². The molecule has 0 unspecified atom stereocenters. The Bertz CT molecular complexity index is 509. The number of rotatable bonds is 3. The van der Waals surface area contributed by atoms with Crippen LogP contribution in [-0.4, -0.2) is 4.99 Å². The summed E-state index contributed by atoms with van der Waals surface area (Å²) in [6.07, 6.45) is 0.727. The lowest BCUT2D eigenvalue weighted by molar-refractivity contribution is 1.34. The Hall–Kier alpha value is -1.87. The Labute approximate surface area is 106 Å². The van der Waals surface area contributed by atoms with Gasteiger partial charge in [-0.05, 0) is 17.7 Å². The lowest BCUT2D eigenvalue weighted by Crippen LogP contribution is -2.13. The summed E-state index contributed by atoms with van der Waals surface area (Å²) in [5.41, 5.74) is 8.61. The predicted octanol–water partition coefficient (Wildman–Crippen LogP) is 3.25. The summed E-state index contributed by atoms with van der Waals surface area (Å²) in [5, 5.41) is 3.17. The molecule has 2 aromatic rings. The van der Waals surface area contributed by atoms with Crippen molar-refractivity contribution in [1.82, 2.24) is 0 Å². The van der Waals surface area contributed by atoms with Crippen LogP contribution in [0.3, 0.4) is 0 Å². The maximum atomic E-state index is 5.84. The molecule has 2 rings (SSSR count). The molecule has 0 bridgehead atoms. The largest absolute Gasteiger partial charge is 0.397 e. The average molecular weight is 242 g/mol. The molecule has 0 spiro atoms. The zero-order valence-corrected chi connectivity index (χ0v) is 10.2. The number of thiocarbonyl (C=S) groups is 1. The highest BCUT2D eigenvalue weighted by Gasteiger charge is 2.01. The van der Waals surface area contributed by atoms with Crippen molar-refractivity contribution in [2.75, 3.05) is 11.1 Å². The molecule has 3 N–H and O–H groups in total. The van der Waals surface area contributed by atoms with Crippen LogP contribution in [-0.2, 0) is 6.42 Å². The van der Waals surface area contributed by atoms with Crippen LogP contribution >= 0.6 is 12.2 Å². The third kappa shape index (κ3) is 3.29. The van der Waals surface area contributed by atoms with Gasteiger partial charge in [0.2, 0.25) is 0 Å². The van der Waals surface area contributed by atoms with Gasteiger partial charge in [0.05, 0.1) is 16.4 Å². The van der Waals surface area contributed by atoms with Crippen molar-refractivity contribution < 1.29 is 0 Å². The Morgan fingerprint density at radius 3 is 2.35 bits per heavy atom. The molecular formula is C14H14N2S. The molecule has 0 saturated heterocycles. The number of hydrogen-bond acceptors (Lipinski definition) is 2. The number of hydrogen-bond donors (Lipinski definition) is 2. The molecule has 0 heterocycles. The second-order valence-electron chi connectivity index (χ2n) is 3.80. The van der Waals surface area contributed by atoms with Gasteiger partial charge in [-0.2, -0.15) is 0 Å². The number of benzene rings is 2. The molecular weight excluding hydrogens is 228 g/mol. The van der Waals surface area contributed by atoms with Crippen LogP contribution in [0.4, 0.5) is 11.4 Å². The molecule has 3 heteroatoms. The van der Waals surface area contributed by atoms with Gasteiger partial charge < -0.3 is 11.1 Å². The summed E-state index contributed by atoms with van der Waals surface area (Å²) in [6, 6.07) is 17.7. The minimum atomic E-state index is 0.711. The molecule has 86 valence electrons. The number of anilines is 2. The van der Waals surface area contributed by atoms with Gasteiger partial charge in [0, 0.05) is 6.42 Å². The Morgan fingerprint density at radius 1 is 1.00 bits per heavy atom. The third-order valence-corrected chi connectivity index (χ3v) is 2.69. The molecule has 2 nitrogen and oxygen atoms in total. The molecule has 2 aromatic carbocycles. The van der Waals surface area contributed by atoms with Crippen LogP contribution in [0.2, 0.25) is 0 Å². The van der Waals surface area contributed by atoms with Gasteiger partial charge in [-0.1, -0.05) is 54.7 Å². The fourth-order valence-corrected chi connectivity index (χ4v) is 1.86. The van der Waals surface area contributed by atoms with E-state index in [1.807, 2.05) is 42.5 Å². The first-order valence-electron chi connectivity index (χ1n) is 5.44. The molecule has 17 heavy (non-hydrogen) atoms. The minimum Gasteiger partial charge on any atom is -0.397 e. The van der Waals surface area contributed by atoms with Crippen molar-refractivity contribution in [3.05, 3.63) is 60.2 Å². The number of nitrogen functional groups attached to an aromatic ring is 1. The number of nitrogens with one attached hydrogen (secondary N) is 1.